The van der Waals surface area contributed by atoms with E-state index < -0.39 is 0 Å². The normalized spacial score (nSPS) is 11.7. The quantitative estimate of drug-likeness (QED) is 0.300. The molecule has 2 aromatic heterocycles. The summed E-state index contributed by atoms with van der Waals surface area (Å²) < 4.78 is 4.34. The molecule has 0 fully saturated rings. The Balaban J connectivity index is 1.45. The zero-order valence-electron chi connectivity index (χ0n) is 18.3. The number of rotatable bonds is 8. The maximum atomic E-state index is 9.62. The topological polar surface area (TPSA) is 57.4 Å². The number of nitriles is 2. The average molecular weight is 429 g/mol. The lowest BCUT2D eigenvalue weighted by molar-refractivity contribution is 0.563. The fourth-order valence-corrected chi connectivity index (χ4v) is 3.83. The van der Waals surface area contributed by atoms with Crippen LogP contribution in [0.3, 0.4) is 0 Å². The number of hydrogen-bond acceptors (Lipinski definition) is 2. The van der Waals surface area contributed by atoms with Gasteiger partial charge in [-0.15, -0.1) is 0 Å². The van der Waals surface area contributed by atoms with Crippen molar-refractivity contribution in [2.45, 2.75) is 19.5 Å². The van der Waals surface area contributed by atoms with Gasteiger partial charge in [0.15, 0.2) is 0 Å². The van der Waals surface area contributed by atoms with Gasteiger partial charge in [-0.05, 0) is 54.0 Å². The molecular formula is C29H24N4. The minimum atomic E-state index is 0.651. The van der Waals surface area contributed by atoms with Crippen LogP contribution in [0.1, 0.15) is 28.9 Å². The maximum Gasteiger partial charge on any atom is 0.0998 e. The third-order valence-corrected chi connectivity index (χ3v) is 5.52. The molecule has 4 rings (SSSR count). The molecule has 4 aromatic rings. The highest BCUT2D eigenvalue weighted by atomic mass is 15.0. The Morgan fingerprint density at radius 1 is 0.606 bits per heavy atom. The van der Waals surface area contributed by atoms with E-state index in [1.54, 1.807) is 0 Å². The van der Waals surface area contributed by atoms with Crippen molar-refractivity contribution in [2.75, 3.05) is 0 Å². The molecule has 0 saturated heterocycles. The summed E-state index contributed by atoms with van der Waals surface area (Å²) in [6.07, 6.45) is 8.90. The molecule has 0 aliphatic carbocycles. The van der Waals surface area contributed by atoms with E-state index in [0.717, 1.165) is 42.0 Å². The Hall–Kier alpha value is -4.54. The van der Waals surface area contributed by atoms with Crippen molar-refractivity contribution < 1.29 is 0 Å². The van der Waals surface area contributed by atoms with Gasteiger partial charge < -0.3 is 9.13 Å². The lowest BCUT2D eigenvalue weighted by Gasteiger charge is -2.10. The Morgan fingerprint density at radius 2 is 1.03 bits per heavy atom. The van der Waals surface area contributed by atoms with Gasteiger partial charge in [0, 0.05) is 36.9 Å². The van der Waals surface area contributed by atoms with Crippen LogP contribution in [0.5, 0.6) is 0 Å². The summed E-state index contributed by atoms with van der Waals surface area (Å²) in [6, 6.07) is 32.2. The number of aryl methyl sites for hydroxylation is 2. The second kappa shape index (κ2) is 10.7. The van der Waals surface area contributed by atoms with E-state index in [1.165, 1.54) is 0 Å². The van der Waals surface area contributed by atoms with Crippen molar-refractivity contribution in [3.8, 4) is 12.1 Å². The van der Waals surface area contributed by atoms with Crippen LogP contribution >= 0.6 is 0 Å². The van der Waals surface area contributed by atoms with Gasteiger partial charge in [0.2, 0.25) is 0 Å². The van der Waals surface area contributed by atoms with Gasteiger partial charge >= 0.3 is 0 Å². The summed E-state index contributed by atoms with van der Waals surface area (Å²) in [5, 5.41) is 19.2. The highest BCUT2D eigenvalue weighted by Crippen LogP contribution is 2.20. The standard InChI is InChI=1S/C29H24N4/c30-22-26(24-10-3-1-4-11-24)20-28-14-7-16-32(28)18-9-19-33-17-8-15-29(33)21-27(23-31)25-12-5-2-6-13-25/h1-8,10-17,20-21H,9,18-19H2/b26-20+,27-21+. The van der Waals surface area contributed by atoms with E-state index in [1.807, 2.05) is 109 Å². The smallest absolute Gasteiger partial charge is 0.0998 e. The fourth-order valence-electron chi connectivity index (χ4n) is 3.83. The van der Waals surface area contributed by atoms with Gasteiger partial charge in [-0.1, -0.05) is 60.7 Å². The first-order valence-electron chi connectivity index (χ1n) is 10.9. The Kier molecular flexibility index (Phi) is 7.01. The second-order valence-corrected chi connectivity index (χ2v) is 7.68. The molecule has 0 aliphatic heterocycles. The van der Waals surface area contributed by atoms with E-state index in [4.69, 9.17) is 0 Å². The molecule has 0 unspecified atom stereocenters. The Morgan fingerprint density at radius 3 is 1.42 bits per heavy atom. The van der Waals surface area contributed by atoms with Crippen molar-refractivity contribution in [3.63, 3.8) is 0 Å². The molecule has 4 heteroatoms. The van der Waals surface area contributed by atoms with Gasteiger partial charge in [-0.3, -0.25) is 0 Å². The van der Waals surface area contributed by atoms with Gasteiger partial charge in [-0.2, -0.15) is 10.5 Å². The predicted molar refractivity (Wildman–Crippen MR) is 133 cm³/mol. The first-order chi connectivity index (χ1) is 16.3. The molecule has 0 saturated carbocycles. The van der Waals surface area contributed by atoms with Crippen LogP contribution < -0.4 is 0 Å². The maximum absolute atomic E-state index is 9.62. The fraction of sp³-hybridized carbons (Fsp3) is 0.103. The molecule has 0 spiro atoms. The predicted octanol–water partition coefficient (Wildman–Crippen LogP) is 6.51. The van der Waals surface area contributed by atoms with Crippen molar-refractivity contribution >= 4 is 23.3 Å². The highest BCUT2D eigenvalue weighted by Gasteiger charge is 2.06. The van der Waals surface area contributed by atoms with Gasteiger partial charge in [0.25, 0.3) is 0 Å². The van der Waals surface area contributed by atoms with Crippen LogP contribution in [0.2, 0.25) is 0 Å². The summed E-state index contributed by atoms with van der Waals surface area (Å²) in [5.41, 5.74) is 5.17. The molecule has 0 N–H and O–H groups in total. The van der Waals surface area contributed by atoms with E-state index in [9.17, 15) is 10.5 Å². The van der Waals surface area contributed by atoms with Crippen LogP contribution in [0.25, 0.3) is 23.3 Å². The first kappa shape index (κ1) is 21.7. The third-order valence-electron chi connectivity index (χ3n) is 5.52. The summed E-state index contributed by atoms with van der Waals surface area (Å²) in [4.78, 5) is 0. The molecule has 0 atom stereocenters. The lowest BCUT2D eigenvalue weighted by Crippen LogP contribution is -2.05. The number of allylic oxidation sites excluding steroid dienone is 2. The van der Waals surface area contributed by atoms with Crippen molar-refractivity contribution in [2.24, 2.45) is 0 Å². The molecule has 0 radical (unpaired) electrons. The van der Waals surface area contributed by atoms with Crippen LogP contribution in [0.4, 0.5) is 0 Å². The molecular weight excluding hydrogens is 404 g/mol. The van der Waals surface area contributed by atoms with Crippen LogP contribution in [0, 0.1) is 22.7 Å². The number of hydrogen-bond donors (Lipinski definition) is 0. The molecule has 2 heterocycles. The summed E-state index contributed by atoms with van der Waals surface area (Å²) in [6.45, 7) is 1.66. The molecule has 160 valence electrons. The largest absolute Gasteiger partial charge is 0.348 e. The lowest BCUT2D eigenvalue weighted by atomic mass is 10.1. The minimum absolute atomic E-state index is 0.651. The second-order valence-electron chi connectivity index (χ2n) is 7.68. The third kappa shape index (κ3) is 5.39. The SMILES string of the molecule is N#C/C(=C\c1cccn1CCCn1cccc1/C=C(\C#N)c1ccccc1)c1ccccc1. The van der Waals surface area contributed by atoms with Crippen LogP contribution in [0.15, 0.2) is 97.3 Å². The van der Waals surface area contributed by atoms with Gasteiger partial charge in [0.05, 0.1) is 23.3 Å². The molecule has 33 heavy (non-hydrogen) atoms. The zero-order valence-corrected chi connectivity index (χ0v) is 18.3. The number of benzene rings is 2. The Bertz CT molecular complexity index is 1230. The van der Waals surface area contributed by atoms with Crippen molar-refractivity contribution in [1.82, 2.24) is 9.13 Å². The first-order valence-corrected chi connectivity index (χ1v) is 10.9. The van der Waals surface area contributed by atoms with Crippen LogP contribution in [-0.2, 0) is 13.1 Å². The molecule has 0 amide bonds. The summed E-state index contributed by atoms with van der Waals surface area (Å²) in [7, 11) is 0. The zero-order chi connectivity index (χ0) is 22.9. The van der Waals surface area contributed by atoms with Crippen molar-refractivity contribution in [3.05, 3.63) is 120 Å². The van der Waals surface area contributed by atoms with E-state index in [-0.39, 0.29) is 0 Å². The minimum Gasteiger partial charge on any atom is -0.348 e. The number of nitrogens with zero attached hydrogens (tertiary/aromatic N) is 4. The summed E-state index contributed by atoms with van der Waals surface area (Å²) in [5.74, 6) is 0. The van der Waals surface area contributed by atoms with Crippen molar-refractivity contribution in [1.29, 1.82) is 10.5 Å². The highest BCUT2D eigenvalue weighted by molar-refractivity contribution is 5.89. The monoisotopic (exact) mass is 428 g/mol. The average Bonchev–Trinajstić information content (AvgIpc) is 3.51. The van der Waals surface area contributed by atoms with E-state index in [2.05, 4.69) is 21.3 Å². The molecule has 4 nitrogen and oxygen atoms in total. The van der Waals surface area contributed by atoms with E-state index in [0.29, 0.717) is 11.1 Å². The van der Waals surface area contributed by atoms with E-state index >= 15 is 0 Å². The molecule has 0 bridgehead atoms. The number of aromatic nitrogens is 2. The Labute approximate surface area is 194 Å². The molecule has 2 aromatic carbocycles. The summed E-state index contributed by atoms with van der Waals surface area (Å²) >= 11 is 0. The van der Waals surface area contributed by atoms with Gasteiger partial charge in [0.1, 0.15) is 0 Å². The van der Waals surface area contributed by atoms with Gasteiger partial charge in [-0.25, -0.2) is 0 Å². The van der Waals surface area contributed by atoms with Crippen LogP contribution in [-0.4, -0.2) is 9.13 Å². The molecule has 0 aliphatic rings.